The van der Waals surface area contributed by atoms with Gasteiger partial charge in [-0.3, -0.25) is 4.79 Å². The largest absolute Gasteiger partial charge is 0.476 e. The molecule has 2 N–H and O–H groups in total. The fourth-order valence-electron chi connectivity index (χ4n) is 1.10. The lowest BCUT2D eigenvalue weighted by molar-refractivity contribution is -0.114. The number of carboxylic acids is 1. The number of carbonyl (C=O) groups excluding carboxylic acids is 1. The number of thiazole rings is 1. The lowest BCUT2D eigenvalue weighted by atomic mass is 10.3. The number of hydrogen-bond donors (Lipinski definition) is 2. The molecule has 0 aromatic carbocycles. The van der Waals surface area contributed by atoms with Crippen LogP contribution >= 0.6 is 11.3 Å². The third-order valence-electron chi connectivity index (χ3n) is 1.63. The van der Waals surface area contributed by atoms with Gasteiger partial charge >= 0.3 is 5.97 Å². The van der Waals surface area contributed by atoms with Gasteiger partial charge in [0.2, 0.25) is 5.91 Å². The van der Waals surface area contributed by atoms with E-state index in [0.29, 0.717) is 6.92 Å². The zero-order chi connectivity index (χ0) is 13.2. The number of anilines is 1. The quantitative estimate of drug-likeness (QED) is 0.871. The van der Waals surface area contributed by atoms with Crippen molar-refractivity contribution in [3.8, 4) is 0 Å². The van der Waals surface area contributed by atoms with E-state index in [4.69, 9.17) is 5.11 Å². The van der Waals surface area contributed by atoms with Crippen LogP contribution in [0.3, 0.4) is 0 Å². The molecule has 0 spiro atoms. The molecule has 0 unspecified atom stereocenters. The monoisotopic (exact) mass is 264 g/mol. The Morgan fingerprint density at radius 3 is 2.53 bits per heavy atom. The smallest absolute Gasteiger partial charge is 0.357 e. The molecule has 0 radical (unpaired) electrons. The molecule has 0 aliphatic heterocycles. The van der Waals surface area contributed by atoms with Crippen LogP contribution < -0.4 is 5.32 Å². The van der Waals surface area contributed by atoms with Gasteiger partial charge in [-0.1, -0.05) is 0 Å². The molecule has 0 bridgehead atoms. The maximum Gasteiger partial charge on any atom is 0.357 e. The van der Waals surface area contributed by atoms with Gasteiger partial charge in [0.25, 0.3) is 5.92 Å². The van der Waals surface area contributed by atoms with Gasteiger partial charge in [-0.05, 0) is 6.92 Å². The molecule has 17 heavy (non-hydrogen) atoms. The van der Waals surface area contributed by atoms with Crippen LogP contribution in [0.1, 0.15) is 29.3 Å². The van der Waals surface area contributed by atoms with Crippen LogP contribution in [-0.2, 0) is 11.2 Å². The number of hydrogen-bond acceptors (Lipinski definition) is 4. The lowest BCUT2D eigenvalue weighted by Gasteiger charge is -2.05. The number of alkyl halides is 2. The Balaban J connectivity index is 3.04. The molecule has 1 amide bonds. The first-order chi connectivity index (χ1) is 7.69. The van der Waals surface area contributed by atoms with Gasteiger partial charge in [-0.25, -0.2) is 18.6 Å². The number of carboxylic acid groups (broad SMARTS) is 1. The van der Waals surface area contributed by atoms with E-state index in [1.807, 2.05) is 0 Å². The summed E-state index contributed by atoms with van der Waals surface area (Å²) in [5, 5.41) is 11.0. The van der Waals surface area contributed by atoms with E-state index >= 15 is 0 Å². The molecular weight excluding hydrogens is 254 g/mol. The molecule has 1 aromatic heterocycles. The summed E-state index contributed by atoms with van der Waals surface area (Å²) in [5.74, 6) is -4.82. The van der Waals surface area contributed by atoms with Gasteiger partial charge in [0.15, 0.2) is 5.69 Å². The molecule has 0 aliphatic rings. The Labute approximate surface area is 99.5 Å². The average Bonchev–Trinajstić information content (AvgIpc) is 2.43. The number of rotatable bonds is 4. The summed E-state index contributed by atoms with van der Waals surface area (Å²) in [5.41, 5.74) is -0.413. The molecular formula is C9H10F2N2O3S. The van der Waals surface area contributed by atoms with E-state index in [1.165, 1.54) is 6.92 Å². The number of halogens is 2. The molecule has 0 saturated carbocycles. The van der Waals surface area contributed by atoms with Crippen molar-refractivity contribution < 1.29 is 23.5 Å². The fraction of sp³-hybridized carbons (Fsp3) is 0.444. The van der Waals surface area contributed by atoms with E-state index in [9.17, 15) is 18.4 Å². The van der Waals surface area contributed by atoms with Crippen molar-refractivity contribution >= 4 is 28.2 Å². The summed E-state index contributed by atoms with van der Waals surface area (Å²) >= 11 is 0.739. The minimum absolute atomic E-state index is 0.0238. The van der Waals surface area contributed by atoms with Crippen LogP contribution in [0.5, 0.6) is 0 Å². The molecule has 8 heteroatoms. The minimum atomic E-state index is -2.97. The molecule has 1 rings (SSSR count). The van der Waals surface area contributed by atoms with Crippen LogP contribution in [0.15, 0.2) is 0 Å². The van der Waals surface area contributed by atoms with Crippen molar-refractivity contribution in [3.63, 3.8) is 0 Å². The van der Waals surface area contributed by atoms with E-state index in [2.05, 4.69) is 10.3 Å². The van der Waals surface area contributed by atoms with Crippen LogP contribution in [0, 0.1) is 0 Å². The van der Waals surface area contributed by atoms with Crippen LogP contribution in [-0.4, -0.2) is 27.9 Å². The Morgan fingerprint density at radius 2 is 2.12 bits per heavy atom. The third kappa shape index (κ3) is 4.06. The summed E-state index contributed by atoms with van der Waals surface area (Å²) < 4.78 is 25.5. The van der Waals surface area contributed by atoms with E-state index in [0.717, 1.165) is 11.3 Å². The fourth-order valence-corrected chi connectivity index (χ4v) is 2.22. The van der Waals surface area contributed by atoms with Gasteiger partial charge < -0.3 is 10.4 Å². The molecule has 0 fully saturated rings. The maximum atomic E-state index is 12.7. The number of carbonyl (C=O) groups is 2. The predicted molar refractivity (Wildman–Crippen MR) is 57.7 cm³/mol. The van der Waals surface area contributed by atoms with Crippen molar-refractivity contribution in [2.24, 2.45) is 0 Å². The van der Waals surface area contributed by atoms with Crippen molar-refractivity contribution in [2.45, 2.75) is 26.2 Å². The Kier molecular flexibility index (Phi) is 3.76. The molecule has 0 saturated heterocycles. The number of nitrogens with one attached hydrogen (secondary N) is 1. The highest BCUT2D eigenvalue weighted by molar-refractivity contribution is 7.16. The first-order valence-electron chi connectivity index (χ1n) is 4.57. The number of amides is 1. The Hall–Kier alpha value is -1.57. The van der Waals surface area contributed by atoms with Gasteiger partial charge in [0.1, 0.15) is 10.0 Å². The maximum absolute atomic E-state index is 12.7. The number of aromatic carboxylic acids is 1. The molecule has 1 aromatic rings. The summed E-state index contributed by atoms with van der Waals surface area (Å²) in [6, 6.07) is 0. The van der Waals surface area contributed by atoms with Gasteiger partial charge in [0, 0.05) is 6.92 Å². The zero-order valence-corrected chi connectivity index (χ0v) is 9.90. The van der Waals surface area contributed by atoms with Crippen molar-refractivity contribution in [1.82, 2.24) is 4.98 Å². The van der Waals surface area contributed by atoms with Crippen molar-refractivity contribution in [3.05, 3.63) is 10.7 Å². The minimum Gasteiger partial charge on any atom is -0.476 e. The summed E-state index contributed by atoms with van der Waals surface area (Å²) in [6.45, 7) is 1.91. The van der Waals surface area contributed by atoms with Crippen LogP contribution in [0.25, 0.3) is 0 Å². The predicted octanol–water partition coefficient (Wildman–Crippen LogP) is 2.00. The second-order valence-electron chi connectivity index (χ2n) is 3.52. The summed E-state index contributed by atoms with van der Waals surface area (Å²) in [7, 11) is 0. The SMILES string of the molecule is CC(=O)Nc1sc(CC(C)(F)F)nc1C(=O)O. The molecule has 5 nitrogen and oxygen atoms in total. The van der Waals surface area contributed by atoms with Gasteiger partial charge in [0.05, 0.1) is 6.42 Å². The first kappa shape index (κ1) is 13.5. The average molecular weight is 264 g/mol. The lowest BCUT2D eigenvalue weighted by Crippen LogP contribution is -2.13. The van der Waals surface area contributed by atoms with Gasteiger partial charge in [-0.15, -0.1) is 11.3 Å². The highest BCUT2D eigenvalue weighted by Crippen LogP contribution is 2.29. The Morgan fingerprint density at radius 1 is 1.53 bits per heavy atom. The number of aromatic nitrogens is 1. The van der Waals surface area contributed by atoms with Crippen molar-refractivity contribution in [1.29, 1.82) is 0 Å². The van der Waals surface area contributed by atoms with Crippen LogP contribution in [0.4, 0.5) is 13.8 Å². The Bertz CT molecular complexity index is 454. The standard InChI is InChI=1S/C9H10F2N2O3S/c1-4(14)12-7-6(8(15)16)13-5(17-7)3-9(2,10)11/h3H2,1-2H3,(H,12,14)(H,15,16). The van der Waals surface area contributed by atoms with Crippen LogP contribution in [0.2, 0.25) is 0 Å². The topological polar surface area (TPSA) is 79.3 Å². The molecule has 94 valence electrons. The second kappa shape index (κ2) is 4.74. The zero-order valence-electron chi connectivity index (χ0n) is 9.08. The summed E-state index contributed by atoms with van der Waals surface area (Å²) in [6.07, 6.45) is -0.655. The van der Waals surface area contributed by atoms with E-state index in [-0.39, 0.29) is 10.0 Å². The number of nitrogens with zero attached hydrogens (tertiary/aromatic N) is 1. The van der Waals surface area contributed by atoms with Crippen molar-refractivity contribution in [2.75, 3.05) is 5.32 Å². The van der Waals surface area contributed by atoms with Gasteiger partial charge in [-0.2, -0.15) is 0 Å². The third-order valence-corrected chi connectivity index (χ3v) is 2.60. The first-order valence-corrected chi connectivity index (χ1v) is 5.39. The summed E-state index contributed by atoms with van der Waals surface area (Å²) in [4.78, 5) is 25.2. The normalized spacial score (nSPS) is 11.3. The van der Waals surface area contributed by atoms with E-state index in [1.54, 1.807) is 0 Å². The van der Waals surface area contributed by atoms with E-state index < -0.39 is 29.9 Å². The molecule has 1 heterocycles. The second-order valence-corrected chi connectivity index (χ2v) is 4.60. The molecule has 0 aliphatic carbocycles. The molecule has 0 atom stereocenters. The highest BCUT2D eigenvalue weighted by Gasteiger charge is 2.26. The highest BCUT2D eigenvalue weighted by atomic mass is 32.1.